The second-order valence-corrected chi connectivity index (χ2v) is 7.70. The molecule has 1 aromatic carbocycles. The quantitative estimate of drug-likeness (QED) is 0.458. The molecule has 0 aliphatic carbocycles. The van der Waals surface area contributed by atoms with Crippen LogP contribution in [0.3, 0.4) is 0 Å². The Hall–Kier alpha value is -3.88. The number of hydrogen-bond donors (Lipinski definition) is 3. The predicted octanol–water partition coefficient (Wildman–Crippen LogP) is 2.01. The fraction of sp³-hybridized carbons (Fsp3) is 0.300. The minimum atomic E-state index is -4.77. The number of H-pyrrole nitrogens is 3. The van der Waals surface area contributed by atoms with Gasteiger partial charge in [0.15, 0.2) is 0 Å². The molecule has 1 saturated heterocycles. The highest BCUT2D eigenvalue weighted by atomic mass is 19.4. The molecule has 0 radical (unpaired) electrons. The minimum Gasteiger partial charge on any atom is -0.365 e. The van der Waals surface area contributed by atoms with Crippen molar-refractivity contribution in [3.63, 3.8) is 0 Å². The summed E-state index contributed by atoms with van der Waals surface area (Å²) in [7, 11) is 0. The second-order valence-electron chi connectivity index (χ2n) is 7.70. The number of halogens is 6. The average molecular weight is 503 g/mol. The third kappa shape index (κ3) is 4.99. The van der Waals surface area contributed by atoms with E-state index >= 15 is 0 Å². The van der Waals surface area contributed by atoms with Crippen molar-refractivity contribution in [2.75, 3.05) is 18.0 Å². The third-order valence-electron chi connectivity index (χ3n) is 5.30. The van der Waals surface area contributed by atoms with Crippen molar-refractivity contribution < 1.29 is 31.1 Å². The molecule has 186 valence electrons. The van der Waals surface area contributed by atoms with Gasteiger partial charge in [0.1, 0.15) is 17.6 Å². The van der Waals surface area contributed by atoms with Crippen LogP contribution >= 0.6 is 0 Å². The molecule has 0 saturated carbocycles. The Bertz CT molecular complexity index is 1430. The molecule has 1 aliphatic heterocycles. The highest BCUT2D eigenvalue weighted by Gasteiger charge is 2.49. The Balaban J connectivity index is 1.54. The average Bonchev–Trinajstić information content (AvgIpc) is 3.06. The molecule has 2 aromatic heterocycles. The van der Waals surface area contributed by atoms with E-state index in [2.05, 4.69) is 15.2 Å². The van der Waals surface area contributed by atoms with E-state index in [0.29, 0.717) is 6.07 Å². The fourth-order valence-corrected chi connectivity index (χ4v) is 3.51. The first-order valence-electron chi connectivity index (χ1n) is 9.87. The molecule has 1 atom stereocenters. The van der Waals surface area contributed by atoms with E-state index in [4.69, 9.17) is 4.74 Å². The molecule has 1 fully saturated rings. The number of hydrogen-bond acceptors (Lipinski definition) is 6. The summed E-state index contributed by atoms with van der Waals surface area (Å²) < 4.78 is 86.4. The van der Waals surface area contributed by atoms with Crippen molar-refractivity contribution in [2.24, 2.45) is 0 Å². The number of anilines is 1. The molecule has 15 heteroatoms. The van der Waals surface area contributed by atoms with E-state index in [1.807, 2.05) is 4.98 Å². The summed E-state index contributed by atoms with van der Waals surface area (Å²) in [5.41, 5.74) is -4.57. The maximum atomic E-state index is 14.6. The first kappa shape index (κ1) is 24.3. The summed E-state index contributed by atoms with van der Waals surface area (Å²) in [6.07, 6.45) is -5.55. The summed E-state index contributed by atoms with van der Waals surface area (Å²) in [5, 5.41) is 5.78. The highest BCUT2D eigenvalue weighted by molar-refractivity contribution is 5.62. The summed E-state index contributed by atoms with van der Waals surface area (Å²) in [5.74, 6) is -4.77. The van der Waals surface area contributed by atoms with Crippen molar-refractivity contribution in [1.82, 2.24) is 20.2 Å². The van der Waals surface area contributed by atoms with E-state index in [0.717, 1.165) is 23.2 Å². The molecule has 9 nitrogen and oxygen atoms in total. The Labute approximate surface area is 190 Å². The molecule has 0 bridgehead atoms. The van der Waals surface area contributed by atoms with Gasteiger partial charge in [-0.25, -0.2) is 23.1 Å². The van der Waals surface area contributed by atoms with Gasteiger partial charge in [-0.05, 0) is 18.2 Å². The van der Waals surface area contributed by atoms with Crippen molar-refractivity contribution in [2.45, 2.75) is 24.8 Å². The number of benzene rings is 1. The summed E-state index contributed by atoms with van der Waals surface area (Å²) in [6, 6.07) is 2.73. The van der Waals surface area contributed by atoms with Gasteiger partial charge in [0.2, 0.25) is 0 Å². The van der Waals surface area contributed by atoms with Gasteiger partial charge in [-0.15, -0.1) is 0 Å². The van der Waals surface area contributed by atoms with Gasteiger partial charge < -0.3 is 14.6 Å². The first-order chi connectivity index (χ1) is 16.3. The molecule has 3 aromatic rings. The number of ether oxygens (including phenoxy) is 1. The second kappa shape index (κ2) is 8.72. The first-order valence-corrected chi connectivity index (χ1v) is 9.87. The molecule has 1 unspecified atom stereocenters. The Kier molecular flexibility index (Phi) is 6.04. The van der Waals surface area contributed by atoms with Crippen LogP contribution in [0.2, 0.25) is 0 Å². The van der Waals surface area contributed by atoms with Crippen LogP contribution in [0.5, 0.6) is 0 Å². The third-order valence-corrected chi connectivity index (χ3v) is 5.30. The molecular formula is C20H15F6N5O4. The lowest BCUT2D eigenvalue weighted by Gasteiger charge is -2.18. The van der Waals surface area contributed by atoms with Gasteiger partial charge >= 0.3 is 11.9 Å². The number of rotatable bonds is 5. The van der Waals surface area contributed by atoms with Crippen molar-refractivity contribution in [3.8, 4) is 11.3 Å². The fourth-order valence-electron chi connectivity index (χ4n) is 3.51. The van der Waals surface area contributed by atoms with Gasteiger partial charge in [-0.2, -0.15) is 18.3 Å². The zero-order valence-electron chi connectivity index (χ0n) is 17.4. The van der Waals surface area contributed by atoms with Crippen LogP contribution in [0.15, 0.2) is 44.8 Å². The van der Waals surface area contributed by atoms with E-state index < -0.39 is 66.1 Å². The topological polar surface area (TPSA) is 124 Å². The van der Waals surface area contributed by atoms with Crippen LogP contribution in [0.1, 0.15) is 11.1 Å². The summed E-state index contributed by atoms with van der Waals surface area (Å²) >= 11 is 0. The van der Waals surface area contributed by atoms with Crippen molar-refractivity contribution >= 4 is 5.69 Å². The lowest BCUT2D eigenvalue weighted by atomic mass is 10.1. The monoisotopic (exact) mass is 503 g/mol. The van der Waals surface area contributed by atoms with Gasteiger partial charge in [0.05, 0.1) is 36.5 Å². The van der Waals surface area contributed by atoms with E-state index in [1.165, 1.54) is 0 Å². The Morgan fingerprint density at radius 1 is 1.14 bits per heavy atom. The van der Waals surface area contributed by atoms with Gasteiger partial charge in [0, 0.05) is 11.8 Å². The highest BCUT2D eigenvalue weighted by Crippen LogP contribution is 2.34. The SMILES string of the molecule is O=c1[nH]cc(-c2cc(N3CC(OCc4ccc(C(F)(F)F)cc4F)C(F)(F)C3)c(=O)[nH]n2)c(=O)[nH]1. The van der Waals surface area contributed by atoms with Crippen LogP contribution in [0, 0.1) is 5.82 Å². The lowest BCUT2D eigenvalue weighted by Crippen LogP contribution is -2.34. The van der Waals surface area contributed by atoms with Crippen LogP contribution in [0.4, 0.5) is 32.0 Å². The Morgan fingerprint density at radius 2 is 1.89 bits per heavy atom. The van der Waals surface area contributed by atoms with Gasteiger partial charge in [0.25, 0.3) is 17.0 Å². The molecule has 4 rings (SSSR count). The van der Waals surface area contributed by atoms with Crippen LogP contribution in [0.25, 0.3) is 11.3 Å². The molecule has 3 N–H and O–H groups in total. The zero-order valence-corrected chi connectivity index (χ0v) is 17.4. The van der Waals surface area contributed by atoms with Crippen LogP contribution in [-0.4, -0.2) is 45.3 Å². The largest absolute Gasteiger partial charge is 0.416 e. The smallest absolute Gasteiger partial charge is 0.365 e. The number of alkyl halides is 5. The normalized spacial score (nSPS) is 17.7. The summed E-state index contributed by atoms with van der Waals surface area (Å²) in [6.45, 7) is -2.23. The number of aromatic amines is 3. The number of aromatic nitrogens is 4. The minimum absolute atomic E-state index is 0.114. The molecule has 3 heterocycles. The van der Waals surface area contributed by atoms with E-state index in [-0.39, 0.29) is 28.6 Å². The molecule has 35 heavy (non-hydrogen) atoms. The maximum Gasteiger partial charge on any atom is 0.416 e. The van der Waals surface area contributed by atoms with Gasteiger partial charge in [-0.3, -0.25) is 14.6 Å². The predicted molar refractivity (Wildman–Crippen MR) is 109 cm³/mol. The molecule has 0 amide bonds. The zero-order chi connectivity index (χ0) is 25.5. The van der Waals surface area contributed by atoms with E-state index in [1.54, 1.807) is 0 Å². The maximum absolute atomic E-state index is 14.6. The molecule has 0 spiro atoms. The van der Waals surface area contributed by atoms with Crippen molar-refractivity contribution in [3.05, 3.63) is 78.6 Å². The van der Waals surface area contributed by atoms with E-state index in [9.17, 15) is 40.7 Å². The van der Waals surface area contributed by atoms with Crippen LogP contribution < -0.4 is 21.7 Å². The number of nitrogens with zero attached hydrogens (tertiary/aromatic N) is 2. The molecule has 1 aliphatic rings. The Morgan fingerprint density at radius 3 is 2.54 bits per heavy atom. The van der Waals surface area contributed by atoms with Crippen molar-refractivity contribution in [1.29, 1.82) is 0 Å². The molecular weight excluding hydrogens is 488 g/mol. The van der Waals surface area contributed by atoms with Crippen LogP contribution in [-0.2, 0) is 17.5 Å². The number of nitrogens with one attached hydrogen (secondary N) is 3. The van der Waals surface area contributed by atoms with Gasteiger partial charge in [-0.1, -0.05) is 6.07 Å². The standard InChI is InChI=1S/C20H15F6N5O4/c21-12-3-10(20(24,25)26)2-1-9(12)7-35-15-6-31(8-19(15,22)23)14-4-13(29-30-17(14)33)11-5-27-18(34)28-16(11)32/h1-5,15H,6-8H2,(H,30,33)(H2,27,28,32,34). The lowest BCUT2D eigenvalue weighted by molar-refractivity contribution is -0.137. The summed E-state index contributed by atoms with van der Waals surface area (Å²) in [4.78, 5) is 40.6.